The molecule has 1 aliphatic rings. The lowest BCUT2D eigenvalue weighted by atomic mass is 9.94. The average molecular weight is 656 g/mol. The van der Waals surface area contributed by atoms with E-state index in [1.165, 1.54) is 116 Å². The summed E-state index contributed by atoms with van der Waals surface area (Å²) in [5.74, 6) is -0.597. The highest BCUT2D eigenvalue weighted by Gasteiger charge is 2.48. The molecular weight excluding hydrogens is 582 g/mol. The maximum absolute atomic E-state index is 13.7. The number of unbranched alkanes of at least 4 members (excludes halogenated alkanes) is 21. The van der Waals surface area contributed by atoms with E-state index in [4.69, 9.17) is 10.5 Å². The lowest BCUT2D eigenvalue weighted by Gasteiger charge is -2.47. The van der Waals surface area contributed by atoms with Gasteiger partial charge < -0.3 is 36.0 Å². The molecule has 0 saturated carbocycles. The number of amides is 2. The minimum Gasteiger partial charge on any atom is -0.394 e. The van der Waals surface area contributed by atoms with Gasteiger partial charge >= 0.3 is 0 Å². The van der Waals surface area contributed by atoms with Crippen molar-refractivity contribution in [1.29, 1.82) is 0 Å². The third-order valence-electron chi connectivity index (χ3n) is 9.50. The Morgan fingerprint density at radius 1 is 0.696 bits per heavy atom. The molecule has 46 heavy (non-hydrogen) atoms. The van der Waals surface area contributed by atoms with Crippen LogP contribution >= 0.6 is 0 Å². The van der Waals surface area contributed by atoms with Gasteiger partial charge in [-0.05, 0) is 19.8 Å². The van der Waals surface area contributed by atoms with Crippen molar-refractivity contribution in [3.63, 3.8) is 0 Å². The summed E-state index contributed by atoms with van der Waals surface area (Å²) in [5.41, 5.74) is 5.79. The maximum atomic E-state index is 13.7. The zero-order valence-corrected chi connectivity index (χ0v) is 29.9. The summed E-state index contributed by atoms with van der Waals surface area (Å²) in [4.78, 5) is 27.9. The third-order valence-corrected chi connectivity index (χ3v) is 9.50. The molecule has 0 aromatic carbocycles. The minimum atomic E-state index is -1.42. The molecule has 272 valence electrons. The molecule has 1 saturated heterocycles. The Morgan fingerprint density at radius 3 is 1.52 bits per heavy atom. The Balaban J connectivity index is 2.69. The second-order valence-corrected chi connectivity index (χ2v) is 13.8. The summed E-state index contributed by atoms with van der Waals surface area (Å²) in [6.07, 6.45) is 23.0. The molecule has 0 aromatic rings. The molecule has 1 fully saturated rings. The van der Waals surface area contributed by atoms with E-state index in [1.54, 1.807) is 4.90 Å². The summed E-state index contributed by atoms with van der Waals surface area (Å²) >= 11 is 0. The number of carbonyl (C=O) groups is 2. The van der Waals surface area contributed by atoms with Crippen LogP contribution in [0.2, 0.25) is 0 Å². The van der Waals surface area contributed by atoms with Gasteiger partial charge in [0.05, 0.1) is 12.6 Å². The smallest absolute Gasteiger partial charge is 0.237 e. The molecule has 1 heterocycles. The number of rotatable bonds is 29. The van der Waals surface area contributed by atoms with E-state index in [2.05, 4.69) is 19.2 Å². The van der Waals surface area contributed by atoms with Crippen molar-refractivity contribution >= 4 is 11.8 Å². The highest BCUT2D eigenvalue weighted by molar-refractivity contribution is 5.81. The van der Waals surface area contributed by atoms with Gasteiger partial charge in [-0.3, -0.25) is 9.59 Å². The van der Waals surface area contributed by atoms with Crippen LogP contribution in [0, 0.1) is 0 Å². The molecule has 2 amide bonds. The Bertz CT molecular complexity index is 755. The van der Waals surface area contributed by atoms with Crippen LogP contribution in [-0.4, -0.2) is 81.8 Å². The van der Waals surface area contributed by atoms with Gasteiger partial charge in [-0.2, -0.15) is 0 Å². The fraction of sp³-hybridized carbons (Fsp3) is 0.946. The number of nitrogens with two attached hydrogens (primary N) is 1. The normalized spacial score (nSPS) is 22.1. The minimum absolute atomic E-state index is 0.0932. The summed E-state index contributed by atoms with van der Waals surface area (Å²) < 4.78 is 6.05. The summed E-state index contributed by atoms with van der Waals surface area (Å²) in [7, 11) is 0. The number of ether oxygens (including phenoxy) is 1. The van der Waals surface area contributed by atoms with E-state index in [0.29, 0.717) is 13.0 Å². The molecule has 0 aromatic heterocycles. The average Bonchev–Trinajstić information content (AvgIpc) is 3.04. The van der Waals surface area contributed by atoms with Gasteiger partial charge in [0.15, 0.2) is 6.23 Å². The number of aliphatic hydroxyl groups excluding tert-OH is 3. The summed E-state index contributed by atoms with van der Waals surface area (Å²) in [6, 6.07) is -1.90. The highest BCUT2D eigenvalue weighted by atomic mass is 16.5. The number of hydrogen-bond donors (Lipinski definition) is 5. The first-order valence-corrected chi connectivity index (χ1v) is 19.3. The molecule has 6 atom stereocenters. The zero-order chi connectivity index (χ0) is 34.0. The lowest BCUT2D eigenvalue weighted by molar-refractivity contribution is -0.231. The largest absolute Gasteiger partial charge is 0.394 e. The van der Waals surface area contributed by atoms with Crippen LogP contribution in [0.15, 0.2) is 0 Å². The van der Waals surface area contributed by atoms with Crippen LogP contribution in [-0.2, 0) is 14.3 Å². The fourth-order valence-corrected chi connectivity index (χ4v) is 6.42. The van der Waals surface area contributed by atoms with Gasteiger partial charge in [-0.1, -0.05) is 149 Å². The van der Waals surface area contributed by atoms with Gasteiger partial charge in [0.1, 0.15) is 24.4 Å². The first-order valence-electron chi connectivity index (χ1n) is 19.3. The molecule has 9 nitrogen and oxygen atoms in total. The monoisotopic (exact) mass is 656 g/mol. The van der Waals surface area contributed by atoms with Crippen LogP contribution in [0.5, 0.6) is 0 Å². The lowest BCUT2D eigenvalue weighted by Crippen LogP contribution is -2.69. The van der Waals surface area contributed by atoms with Crippen LogP contribution in [0.3, 0.4) is 0 Å². The van der Waals surface area contributed by atoms with Gasteiger partial charge in [0.2, 0.25) is 11.8 Å². The van der Waals surface area contributed by atoms with E-state index in [9.17, 15) is 24.9 Å². The van der Waals surface area contributed by atoms with Crippen molar-refractivity contribution in [2.75, 3.05) is 13.2 Å². The van der Waals surface area contributed by atoms with Crippen molar-refractivity contribution in [2.45, 2.75) is 211 Å². The first-order chi connectivity index (χ1) is 22.3. The molecule has 1 aliphatic heterocycles. The van der Waals surface area contributed by atoms with E-state index in [-0.39, 0.29) is 5.91 Å². The predicted molar refractivity (Wildman–Crippen MR) is 187 cm³/mol. The van der Waals surface area contributed by atoms with Crippen molar-refractivity contribution in [3.8, 4) is 0 Å². The second kappa shape index (κ2) is 27.7. The molecule has 0 unspecified atom stereocenters. The molecule has 0 radical (unpaired) electrons. The molecule has 0 spiro atoms. The number of hydrogen-bond acceptors (Lipinski definition) is 7. The molecular formula is C37H73N3O6. The van der Waals surface area contributed by atoms with Gasteiger partial charge in [-0.15, -0.1) is 0 Å². The van der Waals surface area contributed by atoms with E-state index < -0.39 is 49.1 Å². The first kappa shape index (κ1) is 42.8. The summed E-state index contributed by atoms with van der Waals surface area (Å²) in [5, 5.41) is 34.2. The second-order valence-electron chi connectivity index (χ2n) is 13.8. The standard InChI is InChI=1S/C37H73N3O6/c1-4-6-8-10-12-14-16-18-20-22-24-26-28-40(32(42)27-25-23-21-19-17-15-13-11-9-7-5-2)37-33(39-36(45)30(3)38)35(44)34(43)31(29-41)46-37/h30-31,33-35,37,41,43-44H,4-29,38H2,1-3H3,(H,39,45)/t30-,31+,33+,34+,35+,37+/m0/s1. The molecule has 1 rings (SSSR count). The zero-order valence-electron chi connectivity index (χ0n) is 29.9. The van der Waals surface area contributed by atoms with Gasteiger partial charge in [0, 0.05) is 13.0 Å². The van der Waals surface area contributed by atoms with E-state index >= 15 is 0 Å². The van der Waals surface area contributed by atoms with Gasteiger partial charge in [-0.25, -0.2) is 0 Å². The third kappa shape index (κ3) is 18.3. The maximum Gasteiger partial charge on any atom is 0.237 e. The van der Waals surface area contributed by atoms with E-state index in [1.807, 2.05) is 0 Å². The van der Waals surface area contributed by atoms with Crippen LogP contribution in [0.4, 0.5) is 0 Å². The topological polar surface area (TPSA) is 145 Å². The number of nitrogens with one attached hydrogen (secondary N) is 1. The van der Waals surface area contributed by atoms with Crippen molar-refractivity contribution in [2.24, 2.45) is 5.73 Å². The Labute approximate surface area is 281 Å². The Morgan fingerprint density at radius 2 is 1.11 bits per heavy atom. The van der Waals surface area contributed by atoms with Crippen LogP contribution in [0.1, 0.15) is 175 Å². The van der Waals surface area contributed by atoms with Crippen molar-refractivity contribution in [3.05, 3.63) is 0 Å². The van der Waals surface area contributed by atoms with Gasteiger partial charge in [0.25, 0.3) is 0 Å². The van der Waals surface area contributed by atoms with Crippen molar-refractivity contribution in [1.82, 2.24) is 10.2 Å². The highest BCUT2D eigenvalue weighted by Crippen LogP contribution is 2.26. The van der Waals surface area contributed by atoms with Crippen LogP contribution < -0.4 is 11.1 Å². The van der Waals surface area contributed by atoms with Crippen molar-refractivity contribution < 1.29 is 29.6 Å². The molecule has 6 N–H and O–H groups in total. The summed E-state index contributed by atoms with van der Waals surface area (Å²) in [6.45, 7) is 5.93. The SMILES string of the molecule is CCCCCCCCCCCCCCN(C(=O)CCCCCCCCCCCCC)[C@@H]1O[C@H](CO)[C@@H](O)[C@H](O)[C@H]1NC(=O)[C@H](C)N. The van der Waals surface area contributed by atoms with E-state index in [0.717, 1.165) is 38.5 Å². The van der Waals surface area contributed by atoms with Crippen LogP contribution in [0.25, 0.3) is 0 Å². The number of nitrogens with zero attached hydrogens (tertiary/aromatic N) is 1. The molecule has 0 bridgehead atoms. The fourth-order valence-electron chi connectivity index (χ4n) is 6.42. The Kier molecular flexibility index (Phi) is 25.7. The predicted octanol–water partition coefficient (Wildman–Crippen LogP) is 6.49. The Hall–Kier alpha value is -1.26. The number of aliphatic hydroxyl groups is 3. The quantitative estimate of drug-likeness (QED) is 0.0580. The molecule has 9 heteroatoms. The molecule has 0 aliphatic carbocycles. The number of carbonyl (C=O) groups excluding carboxylic acids is 2.